The van der Waals surface area contributed by atoms with Crippen molar-refractivity contribution in [2.45, 2.75) is 13.0 Å². The number of halogens is 1. The van der Waals surface area contributed by atoms with Gasteiger partial charge in [-0.15, -0.1) is 11.3 Å². The van der Waals surface area contributed by atoms with E-state index in [0.717, 1.165) is 21.6 Å². The molecule has 0 saturated heterocycles. The van der Waals surface area contributed by atoms with Crippen LogP contribution in [-0.4, -0.2) is 10.9 Å². The summed E-state index contributed by atoms with van der Waals surface area (Å²) in [5.74, 6) is -0.0936. The van der Waals surface area contributed by atoms with E-state index in [9.17, 15) is 4.79 Å². The molecular formula is C18H15BrN2OS. The molecule has 0 unspecified atom stereocenters. The summed E-state index contributed by atoms with van der Waals surface area (Å²) in [5.41, 5.74) is 2.77. The van der Waals surface area contributed by atoms with Gasteiger partial charge in [0.2, 0.25) is 0 Å². The van der Waals surface area contributed by atoms with E-state index in [1.807, 2.05) is 35.7 Å². The molecule has 1 heterocycles. The summed E-state index contributed by atoms with van der Waals surface area (Å²) < 4.78 is 0.893. The fraction of sp³-hybridized carbons (Fsp3) is 0.111. The van der Waals surface area contributed by atoms with Crippen molar-refractivity contribution in [3.8, 4) is 0 Å². The van der Waals surface area contributed by atoms with E-state index in [4.69, 9.17) is 0 Å². The molecule has 0 fully saturated rings. The highest BCUT2D eigenvalue weighted by Gasteiger charge is 2.08. The van der Waals surface area contributed by atoms with Crippen LogP contribution in [0.5, 0.6) is 0 Å². The smallest absolute Gasteiger partial charge is 0.251 e. The highest BCUT2D eigenvalue weighted by atomic mass is 79.9. The van der Waals surface area contributed by atoms with Crippen LogP contribution in [0.15, 0.2) is 64.5 Å². The Morgan fingerprint density at radius 1 is 1.13 bits per heavy atom. The van der Waals surface area contributed by atoms with Gasteiger partial charge in [0.25, 0.3) is 5.91 Å². The van der Waals surface area contributed by atoms with Crippen LogP contribution >= 0.6 is 27.3 Å². The normalized spacial score (nSPS) is 10.5. The number of carbonyl (C=O) groups is 1. The number of nitrogens with zero attached hydrogens (tertiary/aromatic N) is 1. The summed E-state index contributed by atoms with van der Waals surface area (Å²) in [6.45, 7) is 0.441. The van der Waals surface area contributed by atoms with Gasteiger partial charge in [-0.1, -0.05) is 52.3 Å². The summed E-state index contributed by atoms with van der Waals surface area (Å²) in [5, 5.41) is 5.96. The first-order chi connectivity index (χ1) is 11.2. The first-order valence-corrected chi connectivity index (χ1v) is 8.89. The number of carbonyl (C=O) groups excluding carboxylic acids is 1. The number of amides is 1. The Morgan fingerprint density at radius 2 is 1.96 bits per heavy atom. The molecule has 3 nitrogen and oxygen atoms in total. The number of benzene rings is 2. The maximum Gasteiger partial charge on any atom is 0.251 e. The van der Waals surface area contributed by atoms with E-state index in [0.29, 0.717) is 12.1 Å². The zero-order valence-electron chi connectivity index (χ0n) is 12.3. The predicted octanol–water partition coefficient (Wildman–Crippen LogP) is 4.43. The number of hydrogen-bond acceptors (Lipinski definition) is 3. The molecule has 3 aromatic rings. The van der Waals surface area contributed by atoms with E-state index in [1.165, 1.54) is 5.56 Å². The van der Waals surface area contributed by atoms with Gasteiger partial charge in [0, 0.05) is 21.8 Å². The lowest BCUT2D eigenvalue weighted by Crippen LogP contribution is -2.22. The van der Waals surface area contributed by atoms with Crippen molar-refractivity contribution in [1.82, 2.24) is 10.3 Å². The molecule has 0 aliphatic rings. The maximum absolute atomic E-state index is 12.1. The highest BCUT2D eigenvalue weighted by Crippen LogP contribution is 2.15. The molecule has 23 heavy (non-hydrogen) atoms. The molecule has 0 aliphatic carbocycles. The molecule has 0 saturated carbocycles. The number of aromatic nitrogens is 1. The lowest BCUT2D eigenvalue weighted by Gasteiger charge is -2.03. The minimum Gasteiger partial charge on any atom is -0.346 e. The fourth-order valence-corrected chi connectivity index (χ4v) is 3.41. The first kappa shape index (κ1) is 15.9. The van der Waals surface area contributed by atoms with Crippen LogP contribution in [0, 0.1) is 0 Å². The second-order valence-corrected chi connectivity index (χ2v) is 6.95. The third-order valence-electron chi connectivity index (χ3n) is 3.31. The number of nitrogens with one attached hydrogen (secondary N) is 1. The predicted molar refractivity (Wildman–Crippen MR) is 96.7 cm³/mol. The van der Waals surface area contributed by atoms with E-state index in [1.54, 1.807) is 23.5 Å². The Morgan fingerprint density at radius 3 is 2.74 bits per heavy atom. The van der Waals surface area contributed by atoms with Crippen LogP contribution in [0.4, 0.5) is 0 Å². The molecule has 1 amide bonds. The molecule has 2 aromatic carbocycles. The monoisotopic (exact) mass is 386 g/mol. The van der Waals surface area contributed by atoms with Crippen molar-refractivity contribution >= 4 is 33.2 Å². The largest absolute Gasteiger partial charge is 0.346 e. The highest BCUT2D eigenvalue weighted by molar-refractivity contribution is 9.10. The van der Waals surface area contributed by atoms with Crippen LogP contribution in [0.1, 0.15) is 26.6 Å². The lowest BCUT2D eigenvalue weighted by atomic mass is 10.2. The van der Waals surface area contributed by atoms with Gasteiger partial charge in [-0.05, 0) is 23.8 Å². The Kier molecular flexibility index (Phi) is 5.20. The van der Waals surface area contributed by atoms with Crippen molar-refractivity contribution in [3.05, 3.63) is 86.3 Å². The molecule has 116 valence electrons. The van der Waals surface area contributed by atoms with E-state index >= 15 is 0 Å². The average molecular weight is 387 g/mol. The van der Waals surface area contributed by atoms with Gasteiger partial charge in [-0.3, -0.25) is 4.79 Å². The third-order valence-corrected chi connectivity index (χ3v) is 4.71. The minimum absolute atomic E-state index is 0.0936. The molecule has 0 spiro atoms. The number of thiazole rings is 1. The van der Waals surface area contributed by atoms with Gasteiger partial charge in [0.05, 0.1) is 17.2 Å². The van der Waals surface area contributed by atoms with Gasteiger partial charge in [0.15, 0.2) is 0 Å². The van der Waals surface area contributed by atoms with Gasteiger partial charge in [0.1, 0.15) is 0 Å². The molecule has 3 rings (SSSR count). The molecule has 1 aromatic heterocycles. The fourth-order valence-electron chi connectivity index (χ4n) is 2.18. The topological polar surface area (TPSA) is 42.0 Å². The molecule has 0 aliphatic heterocycles. The molecule has 1 N–H and O–H groups in total. The van der Waals surface area contributed by atoms with Crippen molar-refractivity contribution in [3.63, 3.8) is 0 Å². The standard InChI is InChI=1S/C18H15BrN2OS/c19-15-8-4-7-14(10-15)18(22)20-11-16-12-23-17(21-16)9-13-5-2-1-3-6-13/h1-8,10,12H,9,11H2,(H,20,22). The van der Waals surface area contributed by atoms with Crippen LogP contribution in [0.25, 0.3) is 0 Å². The van der Waals surface area contributed by atoms with Crippen molar-refractivity contribution < 1.29 is 4.79 Å². The first-order valence-electron chi connectivity index (χ1n) is 7.22. The second kappa shape index (κ2) is 7.53. The Balaban J connectivity index is 1.58. The van der Waals surface area contributed by atoms with Crippen molar-refractivity contribution in [2.75, 3.05) is 0 Å². The van der Waals surface area contributed by atoms with Crippen LogP contribution in [-0.2, 0) is 13.0 Å². The van der Waals surface area contributed by atoms with Crippen LogP contribution in [0.3, 0.4) is 0 Å². The van der Waals surface area contributed by atoms with Gasteiger partial charge in [-0.25, -0.2) is 4.98 Å². The maximum atomic E-state index is 12.1. The number of rotatable bonds is 5. The SMILES string of the molecule is O=C(NCc1csc(Cc2ccccc2)n1)c1cccc(Br)c1. The summed E-state index contributed by atoms with van der Waals surface area (Å²) in [7, 11) is 0. The summed E-state index contributed by atoms with van der Waals surface area (Å²) in [6, 6.07) is 17.6. The van der Waals surface area contributed by atoms with E-state index in [-0.39, 0.29) is 5.91 Å². The molecular weight excluding hydrogens is 372 g/mol. The van der Waals surface area contributed by atoms with Gasteiger partial charge >= 0.3 is 0 Å². The van der Waals surface area contributed by atoms with Crippen LogP contribution in [0.2, 0.25) is 0 Å². The second-order valence-electron chi connectivity index (χ2n) is 5.09. The molecule has 0 atom stereocenters. The summed E-state index contributed by atoms with van der Waals surface area (Å²) >= 11 is 5.00. The van der Waals surface area contributed by atoms with E-state index in [2.05, 4.69) is 38.4 Å². The third kappa shape index (κ3) is 4.50. The number of hydrogen-bond donors (Lipinski definition) is 1. The summed E-state index contributed by atoms with van der Waals surface area (Å²) in [6.07, 6.45) is 0.824. The minimum atomic E-state index is -0.0936. The molecule has 5 heteroatoms. The molecule has 0 radical (unpaired) electrons. The lowest BCUT2D eigenvalue weighted by molar-refractivity contribution is 0.0950. The summed E-state index contributed by atoms with van der Waals surface area (Å²) in [4.78, 5) is 16.7. The average Bonchev–Trinajstić information content (AvgIpc) is 3.01. The van der Waals surface area contributed by atoms with Gasteiger partial charge < -0.3 is 5.32 Å². The molecule has 0 bridgehead atoms. The van der Waals surface area contributed by atoms with Crippen LogP contribution < -0.4 is 5.32 Å². The Bertz CT molecular complexity index is 802. The quantitative estimate of drug-likeness (QED) is 0.704. The van der Waals surface area contributed by atoms with Gasteiger partial charge in [-0.2, -0.15) is 0 Å². The van der Waals surface area contributed by atoms with E-state index < -0.39 is 0 Å². The van der Waals surface area contributed by atoms with Crippen molar-refractivity contribution in [2.24, 2.45) is 0 Å². The zero-order chi connectivity index (χ0) is 16.1. The zero-order valence-corrected chi connectivity index (χ0v) is 14.7. The Labute approximate surface area is 147 Å². The Hall–Kier alpha value is -1.98. The van der Waals surface area contributed by atoms with Crippen molar-refractivity contribution in [1.29, 1.82) is 0 Å².